The van der Waals surface area contributed by atoms with Crippen molar-refractivity contribution in [3.63, 3.8) is 0 Å². The normalized spacial score (nSPS) is 30.7. The Morgan fingerprint density at radius 2 is 1.85 bits per heavy atom. The first-order valence-electron chi connectivity index (χ1n) is 11.2. The van der Waals surface area contributed by atoms with Gasteiger partial charge >= 0.3 is 0 Å². The van der Waals surface area contributed by atoms with Gasteiger partial charge in [0.25, 0.3) is 0 Å². The molecule has 0 aromatic heterocycles. The van der Waals surface area contributed by atoms with Gasteiger partial charge in [0.2, 0.25) is 23.1 Å². The average Bonchev–Trinajstić information content (AvgIpc) is 3.13. The molecule has 1 aromatic rings. The number of Topliss-reactive ketones (excluding diaryl/α,β-unsaturated/α-hetero) is 2. The fourth-order valence-electron chi connectivity index (χ4n) is 5.81. The summed E-state index contributed by atoms with van der Waals surface area (Å²) in [5.74, 6) is -0.861. The molecule has 2 aliphatic heterocycles. The summed E-state index contributed by atoms with van der Waals surface area (Å²) in [5, 5.41) is 3.04. The third-order valence-corrected chi connectivity index (χ3v) is 7.83. The van der Waals surface area contributed by atoms with Crippen molar-refractivity contribution in [1.29, 1.82) is 0 Å². The molecule has 4 aliphatic rings. The first-order valence-corrected chi connectivity index (χ1v) is 11.6. The number of allylic oxidation sites excluding steroid dienone is 3. The molecular formula is C25H26ClNO6. The molecule has 0 saturated heterocycles. The summed E-state index contributed by atoms with van der Waals surface area (Å²) in [5.41, 5.74) is -0.437. The minimum absolute atomic E-state index is 0.0827. The van der Waals surface area contributed by atoms with Crippen molar-refractivity contribution in [1.82, 2.24) is 5.32 Å². The number of carbonyl (C=O) groups excluding carboxylic acids is 3. The smallest absolute Gasteiger partial charge is 0.236 e. The molecule has 4 atom stereocenters. The van der Waals surface area contributed by atoms with Crippen molar-refractivity contribution in [2.75, 3.05) is 14.2 Å². The molecule has 1 amide bonds. The van der Waals surface area contributed by atoms with Gasteiger partial charge in [-0.2, -0.15) is 0 Å². The van der Waals surface area contributed by atoms with Crippen LogP contribution in [0.3, 0.4) is 0 Å². The molecule has 0 fully saturated rings. The molecule has 33 heavy (non-hydrogen) atoms. The van der Waals surface area contributed by atoms with Crippen molar-refractivity contribution >= 4 is 29.1 Å². The van der Waals surface area contributed by atoms with Gasteiger partial charge in [-0.3, -0.25) is 14.4 Å². The van der Waals surface area contributed by atoms with Gasteiger partial charge < -0.3 is 19.5 Å². The summed E-state index contributed by atoms with van der Waals surface area (Å²) in [7, 11) is 2.90. The number of benzene rings is 1. The van der Waals surface area contributed by atoms with Gasteiger partial charge in [-0.15, -0.1) is 0 Å². The third-order valence-electron chi connectivity index (χ3n) is 7.48. The molecule has 7 nitrogen and oxygen atoms in total. The number of fused-ring (bicyclic) bond motifs is 1. The van der Waals surface area contributed by atoms with Crippen LogP contribution in [-0.4, -0.2) is 37.3 Å². The third kappa shape index (κ3) is 3.05. The number of methoxy groups -OCH3 is 2. The Kier molecular flexibility index (Phi) is 5.27. The van der Waals surface area contributed by atoms with E-state index in [-0.39, 0.29) is 52.0 Å². The molecule has 1 N–H and O–H groups in total. The van der Waals surface area contributed by atoms with E-state index in [4.69, 9.17) is 25.8 Å². The van der Waals surface area contributed by atoms with Crippen molar-refractivity contribution in [3.05, 3.63) is 40.1 Å². The first-order chi connectivity index (χ1) is 15.8. The second-order valence-electron chi connectivity index (χ2n) is 9.20. The second-order valence-corrected chi connectivity index (χ2v) is 9.57. The van der Waals surface area contributed by atoms with Gasteiger partial charge in [-0.25, -0.2) is 0 Å². The molecule has 8 heteroatoms. The zero-order chi connectivity index (χ0) is 23.5. The number of carbonyl (C=O) groups is 3. The van der Waals surface area contributed by atoms with Crippen molar-refractivity contribution in [2.24, 2.45) is 17.8 Å². The van der Waals surface area contributed by atoms with Crippen LogP contribution in [0.1, 0.15) is 49.4 Å². The van der Waals surface area contributed by atoms with Crippen LogP contribution < -0.4 is 19.5 Å². The SMILES string of the molecule is COc1cc(OC)c2c(c1Cl)O[C@@]1(C(=O)C3=C(C[C@H]1C)NC(=O)CC3C1CC=CCC1)C2=O. The maximum absolute atomic E-state index is 14.2. The van der Waals surface area contributed by atoms with E-state index in [0.29, 0.717) is 23.4 Å². The lowest BCUT2D eigenvalue weighted by atomic mass is 9.64. The summed E-state index contributed by atoms with van der Waals surface area (Å²) < 4.78 is 17.0. The first kappa shape index (κ1) is 22.0. The molecule has 5 rings (SSSR count). The molecule has 0 radical (unpaired) electrons. The number of hydrogen-bond donors (Lipinski definition) is 1. The van der Waals surface area contributed by atoms with Crippen LogP contribution in [0.5, 0.6) is 17.2 Å². The zero-order valence-corrected chi connectivity index (χ0v) is 19.6. The molecule has 1 aromatic carbocycles. The van der Waals surface area contributed by atoms with E-state index in [0.717, 1.165) is 19.3 Å². The molecular weight excluding hydrogens is 446 g/mol. The summed E-state index contributed by atoms with van der Waals surface area (Å²) >= 11 is 6.51. The zero-order valence-electron chi connectivity index (χ0n) is 18.8. The summed E-state index contributed by atoms with van der Waals surface area (Å²) in [6.07, 6.45) is 7.42. The van der Waals surface area contributed by atoms with Crippen LogP contribution in [-0.2, 0) is 9.59 Å². The maximum Gasteiger partial charge on any atom is 0.236 e. The predicted molar refractivity (Wildman–Crippen MR) is 121 cm³/mol. The number of ether oxygens (including phenoxy) is 3. The highest BCUT2D eigenvalue weighted by molar-refractivity contribution is 6.36. The van der Waals surface area contributed by atoms with Crippen molar-refractivity contribution in [3.8, 4) is 17.2 Å². The lowest BCUT2D eigenvalue weighted by Gasteiger charge is -2.43. The van der Waals surface area contributed by atoms with E-state index >= 15 is 0 Å². The fraction of sp³-hybridized carbons (Fsp3) is 0.480. The van der Waals surface area contributed by atoms with Crippen LogP contribution in [0.2, 0.25) is 5.02 Å². The van der Waals surface area contributed by atoms with Crippen LogP contribution in [0.4, 0.5) is 0 Å². The van der Waals surface area contributed by atoms with Crippen LogP contribution in [0.25, 0.3) is 0 Å². The van der Waals surface area contributed by atoms with Crippen LogP contribution in [0, 0.1) is 17.8 Å². The summed E-state index contributed by atoms with van der Waals surface area (Å²) in [4.78, 5) is 40.6. The number of ketones is 2. The number of hydrogen-bond acceptors (Lipinski definition) is 6. The van der Waals surface area contributed by atoms with Gasteiger partial charge in [0.15, 0.2) is 5.75 Å². The van der Waals surface area contributed by atoms with Gasteiger partial charge in [-0.05, 0) is 31.6 Å². The fourth-order valence-corrected chi connectivity index (χ4v) is 6.08. The lowest BCUT2D eigenvalue weighted by Crippen LogP contribution is -2.59. The molecule has 2 unspecified atom stereocenters. The van der Waals surface area contributed by atoms with Gasteiger partial charge in [0, 0.05) is 35.6 Å². The van der Waals surface area contributed by atoms with E-state index in [1.807, 2.05) is 0 Å². The highest BCUT2D eigenvalue weighted by Crippen LogP contribution is 2.55. The number of amides is 1. The predicted octanol–water partition coefficient (Wildman–Crippen LogP) is 4.03. The van der Waals surface area contributed by atoms with E-state index in [1.165, 1.54) is 20.3 Å². The minimum Gasteiger partial charge on any atom is -0.496 e. The quantitative estimate of drug-likeness (QED) is 0.528. The van der Waals surface area contributed by atoms with E-state index < -0.39 is 17.3 Å². The Hall–Kier alpha value is -2.80. The number of rotatable bonds is 3. The number of nitrogens with one attached hydrogen (secondary N) is 1. The summed E-state index contributed by atoms with van der Waals surface area (Å²) in [6, 6.07) is 1.53. The van der Waals surface area contributed by atoms with E-state index in [1.54, 1.807) is 6.92 Å². The highest BCUT2D eigenvalue weighted by atomic mass is 35.5. The standard InChI is InChI=1S/C25H26ClNO6/c1-12-9-15-19(14(10-18(28)27-15)13-7-5-4-6-8-13)23(29)25(12)24(30)20-16(31-2)11-17(32-3)21(26)22(20)33-25/h4-5,11-14H,6-10H2,1-3H3,(H,27,28)/t12-,13?,14?,25+/m1/s1. The lowest BCUT2D eigenvalue weighted by molar-refractivity contribution is -0.132. The Morgan fingerprint density at radius 3 is 2.52 bits per heavy atom. The van der Waals surface area contributed by atoms with E-state index in [9.17, 15) is 14.4 Å². The molecule has 174 valence electrons. The van der Waals surface area contributed by atoms with Crippen LogP contribution >= 0.6 is 11.6 Å². The topological polar surface area (TPSA) is 90.9 Å². The number of halogens is 1. The molecule has 2 aliphatic carbocycles. The van der Waals surface area contributed by atoms with Crippen molar-refractivity contribution in [2.45, 2.75) is 44.6 Å². The van der Waals surface area contributed by atoms with Gasteiger partial charge in [-0.1, -0.05) is 30.7 Å². The second kappa shape index (κ2) is 7.90. The van der Waals surface area contributed by atoms with Crippen molar-refractivity contribution < 1.29 is 28.6 Å². The highest BCUT2D eigenvalue weighted by Gasteiger charge is 2.63. The van der Waals surface area contributed by atoms with Crippen LogP contribution in [0.15, 0.2) is 29.5 Å². The Labute approximate surface area is 197 Å². The molecule has 0 bridgehead atoms. The molecule has 2 heterocycles. The largest absolute Gasteiger partial charge is 0.496 e. The Morgan fingerprint density at radius 1 is 1.09 bits per heavy atom. The maximum atomic E-state index is 14.2. The monoisotopic (exact) mass is 471 g/mol. The molecule has 1 spiro atoms. The minimum atomic E-state index is -1.74. The Balaban J connectivity index is 1.63. The molecule has 0 saturated carbocycles. The van der Waals surface area contributed by atoms with Gasteiger partial charge in [0.1, 0.15) is 22.1 Å². The Bertz CT molecular complexity index is 1140. The van der Waals surface area contributed by atoms with Gasteiger partial charge in [0.05, 0.1) is 14.2 Å². The van der Waals surface area contributed by atoms with E-state index in [2.05, 4.69) is 17.5 Å². The average molecular weight is 472 g/mol. The summed E-state index contributed by atoms with van der Waals surface area (Å²) in [6.45, 7) is 1.79.